The molecule has 0 aromatic carbocycles. The standard InChI is InChI=1S/C11H18N2O4/c14-9(4-5-11(16)17)12-6-8-13-7-2-1-3-10(13)15/h1-8H2,(H,12,14)(H,16,17). The molecule has 96 valence electrons. The van der Waals surface area contributed by atoms with Crippen LogP contribution in [0.15, 0.2) is 0 Å². The zero-order valence-electron chi connectivity index (χ0n) is 9.78. The van der Waals surface area contributed by atoms with Crippen LogP contribution in [0.25, 0.3) is 0 Å². The Bertz CT molecular complexity index is 304. The smallest absolute Gasteiger partial charge is 0.303 e. The Morgan fingerprint density at radius 3 is 2.71 bits per heavy atom. The summed E-state index contributed by atoms with van der Waals surface area (Å²) in [5.41, 5.74) is 0. The van der Waals surface area contributed by atoms with Crippen LogP contribution in [0, 0.1) is 0 Å². The molecule has 1 aliphatic heterocycles. The number of carboxylic acid groups (broad SMARTS) is 1. The minimum Gasteiger partial charge on any atom is -0.481 e. The molecule has 0 atom stereocenters. The average molecular weight is 242 g/mol. The van der Waals surface area contributed by atoms with Crippen LogP contribution in [0.2, 0.25) is 0 Å². The van der Waals surface area contributed by atoms with Crippen molar-refractivity contribution in [3.8, 4) is 0 Å². The molecule has 1 heterocycles. The number of nitrogens with one attached hydrogen (secondary N) is 1. The Morgan fingerprint density at radius 2 is 2.06 bits per heavy atom. The summed E-state index contributed by atoms with van der Waals surface area (Å²) in [4.78, 5) is 34.6. The molecule has 1 saturated heterocycles. The summed E-state index contributed by atoms with van der Waals surface area (Å²) in [5.74, 6) is -1.13. The van der Waals surface area contributed by atoms with Crippen LogP contribution in [-0.4, -0.2) is 47.4 Å². The molecule has 0 aliphatic carbocycles. The molecule has 0 aromatic heterocycles. The second kappa shape index (κ2) is 6.88. The molecule has 0 aromatic rings. The lowest BCUT2D eigenvalue weighted by molar-refractivity contribution is -0.138. The van der Waals surface area contributed by atoms with Crippen molar-refractivity contribution in [3.05, 3.63) is 0 Å². The molecular formula is C11H18N2O4. The van der Waals surface area contributed by atoms with Gasteiger partial charge in [-0.05, 0) is 12.8 Å². The third-order valence-corrected chi connectivity index (χ3v) is 2.69. The summed E-state index contributed by atoms with van der Waals surface area (Å²) in [5, 5.41) is 11.0. The predicted molar refractivity (Wildman–Crippen MR) is 60.3 cm³/mol. The Hall–Kier alpha value is -1.59. The first-order valence-electron chi connectivity index (χ1n) is 5.86. The highest BCUT2D eigenvalue weighted by atomic mass is 16.4. The van der Waals surface area contributed by atoms with Crippen LogP contribution in [0.4, 0.5) is 0 Å². The summed E-state index contributed by atoms with van der Waals surface area (Å²) in [6.07, 6.45) is 2.38. The Balaban J connectivity index is 2.12. The van der Waals surface area contributed by atoms with Crippen LogP contribution in [-0.2, 0) is 14.4 Å². The third-order valence-electron chi connectivity index (χ3n) is 2.69. The molecule has 0 radical (unpaired) electrons. The Morgan fingerprint density at radius 1 is 1.29 bits per heavy atom. The highest BCUT2D eigenvalue weighted by Crippen LogP contribution is 2.09. The van der Waals surface area contributed by atoms with E-state index in [0.29, 0.717) is 19.5 Å². The fraction of sp³-hybridized carbons (Fsp3) is 0.727. The number of hydrogen-bond acceptors (Lipinski definition) is 3. The van der Waals surface area contributed by atoms with Crippen LogP contribution >= 0.6 is 0 Å². The highest BCUT2D eigenvalue weighted by molar-refractivity contribution is 5.80. The van der Waals surface area contributed by atoms with Crippen LogP contribution in [0.1, 0.15) is 32.1 Å². The molecule has 0 bridgehead atoms. The van der Waals surface area contributed by atoms with Crippen molar-refractivity contribution in [1.82, 2.24) is 10.2 Å². The fourth-order valence-electron chi connectivity index (χ4n) is 1.74. The van der Waals surface area contributed by atoms with Gasteiger partial charge in [0, 0.05) is 32.5 Å². The summed E-state index contributed by atoms with van der Waals surface area (Å²) in [6.45, 7) is 1.66. The number of rotatable bonds is 6. The molecule has 2 amide bonds. The van der Waals surface area contributed by atoms with Crippen molar-refractivity contribution in [2.75, 3.05) is 19.6 Å². The first-order chi connectivity index (χ1) is 8.09. The number of carbonyl (C=O) groups excluding carboxylic acids is 2. The molecule has 2 N–H and O–H groups in total. The van der Waals surface area contributed by atoms with Crippen molar-refractivity contribution in [1.29, 1.82) is 0 Å². The van der Waals surface area contributed by atoms with E-state index in [4.69, 9.17) is 5.11 Å². The van der Waals surface area contributed by atoms with Crippen molar-refractivity contribution in [2.24, 2.45) is 0 Å². The van der Waals surface area contributed by atoms with Crippen LogP contribution in [0.3, 0.4) is 0 Å². The lowest BCUT2D eigenvalue weighted by Gasteiger charge is -2.26. The first-order valence-corrected chi connectivity index (χ1v) is 5.86. The normalized spacial score (nSPS) is 15.8. The number of hydrogen-bond donors (Lipinski definition) is 2. The van der Waals surface area contributed by atoms with E-state index < -0.39 is 5.97 Å². The van der Waals surface area contributed by atoms with E-state index in [1.807, 2.05) is 0 Å². The molecule has 0 spiro atoms. The van der Waals surface area contributed by atoms with E-state index in [-0.39, 0.29) is 24.7 Å². The minimum atomic E-state index is -0.980. The predicted octanol–water partition coefficient (Wildman–Crippen LogP) is -0.0201. The van der Waals surface area contributed by atoms with E-state index in [9.17, 15) is 14.4 Å². The molecule has 0 saturated carbocycles. The number of likely N-dealkylation sites (tertiary alicyclic amines) is 1. The van der Waals surface area contributed by atoms with Crippen molar-refractivity contribution >= 4 is 17.8 Å². The van der Waals surface area contributed by atoms with E-state index in [2.05, 4.69) is 5.32 Å². The van der Waals surface area contributed by atoms with Gasteiger partial charge >= 0.3 is 5.97 Å². The lowest BCUT2D eigenvalue weighted by atomic mass is 10.1. The van der Waals surface area contributed by atoms with E-state index in [0.717, 1.165) is 19.4 Å². The molecule has 17 heavy (non-hydrogen) atoms. The molecule has 1 rings (SSSR count). The summed E-state index contributed by atoms with van der Waals surface area (Å²) in [6, 6.07) is 0. The molecular weight excluding hydrogens is 224 g/mol. The third kappa shape index (κ3) is 5.33. The van der Waals surface area contributed by atoms with Crippen molar-refractivity contribution < 1.29 is 19.5 Å². The van der Waals surface area contributed by atoms with Gasteiger partial charge in [-0.15, -0.1) is 0 Å². The number of aliphatic carboxylic acids is 1. The van der Waals surface area contributed by atoms with Gasteiger partial charge in [0.1, 0.15) is 0 Å². The van der Waals surface area contributed by atoms with E-state index >= 15 is 0 Å². The lowest BCUT2D eigenvalue weighted by Crippen LogP contribution is -2.41. The van der Waals surface area contributed by atoms with Gasteiger partial charge in [-0.2, -0.15) is 0 Å². The number of carbonyl (C=O) groups is 3. The SMILES string of the molecule is O=C(O)CCC(=O)NCCN1CCCCC1=O. The number of carboxylic acids is 1. The number of amides is 2. The molecule has 0 unspecified atom stereocenters. The average Bonchev–Trinajstić information content (AvgIpc) is 2.29. The summed E-state index contributed by atoms with van der Waals surface area (Å²) in [7, 11) is 0. The topological polar surface area (TPSA) is 86.7 Å². The van der Waals surface area contributed by atoms with Gasteiger partial charge in [-0.3, -0.25) is 14.4 Å². The first kappa shape index (κ1) is 13.5. The Labute approximate surface area is 100.0 Å². The molecule has 6 nitrogen and oxygen atoms in total. The van der Waals surface area contributed by atoms with Gasteiger partial charge in [0.15, 0.2) is 0 Å². The largest absolute Gasteiger partial charge is 0.481 e. The van der Waals surface area contributed by atoms with E-state index in [1.54, 1.807) is 4.90 Å². The van der Waals surface area contributed by atoms with Gasteiger partial charge in [0.2, 0.25) is 11.8 Å². The van der Waals surface area contributed by atoms with Crippen molar-refractivity contribution in [2.45, 2.75) is 32.1 Å². The fourth-order valence-corrected chi connectivity index (χ4v) is 1.74. The Kier molecular flexibility index (Phi) is 5.45. The number of piperidine rings is 1. The second-order valence-corrected chi connectivity index (χ2v) is 4.08. The van der Waals surface area contributed by atoms with Crippen LogP contribution in [0.5, 0.6) is 0 Å². The maximum atomic E-state index is 11.4. The van der Waals surface area contributed by atoms with E-state index in [1.165, 1.54) is 0 Å². The molecule has 1 aliphatic rings. The summed E-state index contributed by atoms with van der Waals surface area (Å²) < 4.78 is 0. The monoisotopic (exact) mass is 242 g/mol. The van der Waals surface area contributed by atoms with Crippen molar-refractivity contribution in [3.63, 3.8) is 0 Å². The maximum absolute atomic E-state index is 11.4. The van der Waals surface area contributed by atoms with Gasteiger partial charge in [-0.25, -0.2) is 0 Å². The maximum Gasteiger partial charge on any atom is 0.303 e. The quantitative estimate of drug-likeness (QED) is 0.685. The van der Waals surface area contributed by atoms with Gasteiger partial charge < -0.3 is 15.3 Å². The van der Waals surface area contributed by atoms with Gasteiger partial charge in [0.05, 0.1) is 6.42 Å². The molecule has 1 fully saturated rings. The molecule has 6 heteroatoms. The number of nitrogens with zero attached hydrogens (tertiary/aromatic N) is 1. The minimum absolute atomic E-state index is 0.0106. The van der Waals surface area contributed by atoms with Gasteiger partial charge in [0.25, 0.3) is 0 Å². The zero-order valence-corrected chi connectivity index (χ0v) is 9.78. The zero-order chi connectivity index (χ0) is 12.7. The van der Waals surface area contributed by atoms with Gasteiger partial charge in [-0.1, -0.05) is 0 Å². The van der Waals surface area contributed by atoms with Crippen LogP contribution < -0.4 is 5.32 Å². The highest BCUT2D eigenvalue weighted by Gasteiger charge is 2.17. The second-order valence-electron chi connectivity index (χ2n) is 4.08. The summed E-state index contributed by atoms with van der Waals surface area (Å²) >= 11 is 0.